The molecule has 0 aliphatic carbocycles. The lowest BCUT2D eigenvalue weighted by Gasteiger charge is -2.17. The highest BCUT2D eigenvalue weighted by Gasteiger charge is 2.24. The van der Waals surface area contributed by atoms with Gasteiger partial charge >= 0.3 is 12.0 Å². The maximum Gasteiger partial charge on any atom is 0.328 e. The molecule has 0 aromatic heterocycles. The lowest BCUT2D eigenvalue weighted by Crippen LogP contribution is -2.51. The van der Waals surface area contributed by atoms with Crippen LogP contribution in [0.1, 0.15) is 33.6 Å². The van der Waals surface area contributed by atoms with Crippen LogP contribution in [0.4, 0.5) is 4.79 Å². The summed E-state index contributed by atoms with van der Waals surface area (Å²) in [6, 6.07) is -1.90. The van der Waals surface area contributed by atoms with Gasteiger partial charge in [-0.05, 0) is 33.6 Å². The van der Waals surface area contributed by atoms with Gasteiger partial charge in [0.05, 0.1) is 12.2 Å². The van der Waals surface area contributed by atoms with Gasteiger partial charge < -0.3 is 25.6 Å². The molecule has 0 unspecified atom stereocenters. The normalized spacial score (nSPS) is 13.9. The number of aliphatic hydroxyl groups is 1. The van der Waals surface area contributed by atoms with E-state index in [1.165, 1.54) is 6.92 Å². The number of nitrogens with one attached hydrogen (secondary N) is 2. The number of hydrogen-bond donors (Lipinski definition) is 4. The van der Waals surface area contributed by atoms with Crippen molar-refractivity contribution in [2.24, 2.45) is 0 Å². The minimum absolute atomic E-state index is 0.193. The molecule has 0 radical (unpaired) electrons. The predicted octanol–water partition coefficient (Wildman–Crippen LogP) is 0.325. The number of carboxylic acids is 1. The molecule has 0 bridgehead atoms. The Morgan fingerprint density at radius 1 is 1.21 bits per heavy atom. The molecular weight excluding hydrogens is 252 g/mol. The molecule has 19 heavy (non-hydrogen) atoms. The quantitative estimate of drug-likeness (QED) is 0.454. The van der Waals surface area contributed by atoms with E-state index in [-0.39, 0.29) is 6.10 Å². The molecule has 0 saturated heterocycles. The van der Waals surface area contributed by atoms with E-state index in [1.54, 1.807) is 0 Å². The highest BCUT2D eigenvalue weighted by atomic mass is 16.5. The van der Waals surface area contributed by atoms with Gasteiger partial charge in [-0.2, -0.15) is 0 Å². The summed E-state index contributed by atoms with van der Waals surface area (Å²) in [5.41, 5.74) is 0. The summed E-state index contributed by atoms with van der Waals surface area (Å²) < 4.78 is 5.34. The summed E-state index contributed by atoms with van der Waals surface area (Å²) in [6.45, 7) is 6.27. The third-order valence-corrected chi connectivity index (χ3v) is 2.34. The van der Waals surface area contributed by atoms with E-state index in [1.807, 2.05) is 13.8 Å². The van der Waals surface area contributed by atoms with Crippen LogP contribution < -0.4 is 10.6 Å². The molecule has 2 atom stereocenters. The molecule has 0 aliphatic rings. The van der Waals surface area contributed by atoms with Crippen LogP contribution in [0.3, 0.4) is 0 Å². The van der Waals surface area contributed by atoms with Crippen molar-refractivity contribution in [1.82, 2.24) is 10.6 Å². The molecule has 4 N–H and O–H groups in total. The van der Waals surface area contributed by atoms with Crippen molar-refractivity contribution in [3.05, 3.63) is 0 Å². The molecular formula is C12H24N2O5. The molecule has 0 aromatic carbocycles. The molecule has 0 rings (SSSR count). The topological polar surface area (TPSA) is 108 Å². The number of aliphatic hydroxyl groups excluding tert-OH is 1. The number of carbonyl (C=O) groups is 2. The number of hydrogen-bond acceptors (Lipinski definition) is 4. The highest BCUT2D eigenvalue weighted by Crippen LogP contribution is 1.95. The van der Waals surface area contributed by atoms with E-state index in [9.17, 15) is 14.7 Å². The van der Waals surface area contributed by atoms with Gasteiger partial charge in [-0.1, -0.05) is 0 Å². The fourth-order valence-electron chi connectivity index (χ4n) is 1.33. The maximum absolute atomic E-state index is 11.4. The monoisotopic (exact) mass is 276 g/mol. The van der Waals surface area contributed by atoms with Crippen LogP contribution in [0, 0.1) is 0 Å². The molecule has 0 fully saturated rings. The van der Waals surface area contributed by atoms with Crippen LogP contribution >= 0.6 is 0 Å². The standard InChI is InChI=1S/C12H24N2O5/c1-8(2)19-7-5-4-6-13-12(18)14-10(9(3)15)11(16)17/h8-10,15H,4-7H2,1-3H3,(H,16,17)(H2,13,14,18)/t9-,10+/m1/s1. The smallest absolute Gasteiger partial charge is 0.328 e. The van der Waals surface area contributed by atoms with Crippen LogP contribution in [-0.4, -0.2) is 53.6 Å². The SMILES string of the molecule is CC(C)OCCCCNC(=O)N[C@H](C(=O)O)[C@@H](C)O. The van der Waals surface area contributed by atoms with Gasteiger partial charge in [-0.3, -0.25) is 0 Å². The lowest BCUT2D eigenvalue weighted by molar-refractivity contribution is -0.141. The minimum Gasteiger partial charge on any atom is -0.480 e. The molecule has 7 heteroatoms. The Bertz CT molecular complexity index is 281. The Labute approximate surface area is 113 Å². The highest BCUT2D eigenvalue weighted by molar-refractivity contribution is 5.82. The van der Waals surface area contributed by atoms with Crippen LogP contribution in [0.2, 0.25) is 0 Å². The van der Waals surface area contributed by atoms with Gasteiger partial charge in [0, 0.05) is 13.2 Å². The fraction of sp³-hybridized carbons (Fsp3) is 0.833. The van der Waals surface area contributed by atoms with Gasteiger partial charge in [0.2, 0.25) is 0 Å². The summed E-state index contributed by atoms with van der Waals surface area (Å²) in [5.74, 6) is -1.27. The average molecular weight is 276 g/mol. The maximum atomic E-state index is 11.4. The predicted molar refractivity (Wildman–Crippen MR) is 70.0 cm³/mol. The van der Waals surface area contributed by atoms with Crippen LogP contribution in [-0.2, 0) is 9.53 Å². The first kappa shape index (κ1) is 17.7. The number of ether oxygens (including phenoxy) is 1. The van der Waals surface area contributed by atoms with E-state index in [0.717, 1.165) is 12.8 Å². The zero-order valence-electron chi connectivity index (χ0n) is 11.7. The summed E-state index contributed by atoms with van der Waals surface area (Å²) in [6.07, 6.45) is 0.602. The Hall–Kier alpha value is -1.34. The van der Waals surface area contributed by atoms with Crippen molar-refractivity contribution in [2.45, 2.75) is 51.9 Å². The second-order valence-electron chi connectivity index (χ2n) is 4.58. The molecule has 7 nitrogen and oxygen atoms in total. The number of unbranched alkanes of at least 4 members (excludes halogenated alkanes) is 1. The number of carboxylic acid groups (broad SMARTS) is 1. The molecule has 0 aromatic rings. The Balaban J connectivity index is 3.72. The van der Waals surface area contributed by atoms with Crippen molar-refractivity contribution in [1.29, 1.82) is 0 Å². The average Bonchev–Trinajstić information content (AvgIpc) is 2.29. The Morgan fingerprint density at radius 3 is 2.32 bits per heavy atom. The van der Waals surface area contributed by atoms with Gasteiger partial charge in [-0.15, -0.1) is 0 Å². The zero-order valence-corrected chi connectivity index (χ0v) is 11.7. The first-order valence-electron chi connectivity index (χ1n) is 6.41. The molecule has 0 saturated carbocycles. The number of urea groups is 1. The number of carbonyl (C=O) groups excluding carboxylic acids is 1. The third-order valence-electron chi connectivity index (χ3n) is 2.34. The first-order chi connectivity index (χ1) is 8.84. The molecule has 0 aliphatic heterocycles. The zero-order chi connectivity index (χ0) is 14.8. The molecule has 0 spiro atoms. The molecule has 2 amide bonds. The fourth-order valence-corrected chi connectivity index (χ4v) is 1.33. The Morgan fingerprint density at radius 2 is 1.84 bits per heavy atom. The van der Waals surface area contributed by atoms with Crippen LogP contribution in [0.15, 0.2) is 0 Å². The summed E-state index contributed by atoms with van der Waals surface area (Å²) in [5, 5.41) is 22.7. The number of amides is 2. The van der Waals surface area contributed by atoms with Crippen molar-refractivity contribution in [3.63, 3.8) is 0 Å². The minimum atomic E-state index is -1.30. The van der Waals surface area contributed by atoms with E-state index in [2.05, 4.69) is 10.6 Å². The number of aliphatic carboxylic acids is 1. The second-order valence-corrected chi connectivity index (χ2v) is 4.58. The largest absolute Gasteiger partial charge is 0.480 e. The van der Waals surface area contributed by atoms with E-state index >= 15 is 0 Å². The third kappa shape index (κ3) is 9.26. The van der Waals surface area contributed by atoms with E-state index < -0.39 is 24.1 Å². The van der Waals surface area contributed by atoms with Gasteiger partial charge in [0.25, 0.3) is 0 Å². The molecule has 112 valence electrons. The van der Waals surface area contributed by atoms with Crippen molar-refractivity contribution in [2.75, 3.05) is 13.2 Å². The summed E-state index contributed by atoms with van der Waals surface area (Å²) in [4.78, 5) is 22.1. The molecule has 0 heterocycles. The number of rotatable bonds is 9. The van der Waals surface area contributed by atoms with Gasteiger partial charge in [0.15, 0.2) is 6.04 Å². The van der Waals surface area contributed by atoms with Gasteiger partial charge in [0.1, 0.15) is 0 Å². The summed E-state index contributed by atoms with van der Waals surface area (Å²) >= 11 is 0. The lowest BCUT2D eigenvalue weighted by atomic mass is 10.2. The van der Waals surface area contributed by atoms with E-state index in [0.29, 0.717) is 13.2 Å². The van der Waals surface area contributed by atoms with Crippen molar-refractivity contribution >= 4 is 12.0 Å². The summed E-state index contributed by atoms with van der Waals surface area (Å²) in [7, 11) is 0. The van der Waals surface area contributed by atoms with E-state index in [4.69, 9.17) is 9.84 Å². The first-order valence-corrected chi connectivity index (χ1v) is 6.41. The van der Waals surface area contributed by atoms with Crippen molar-refractivity contribution < 1.29 is 24.5 Å². The Kier molecular flexibility index (Phi) is 8.90. The van der Waals surface area contributed by atoms with Crippen molar-refractivity contribution in [3.8, 4) is 0 Å². The van der Waals surface area contributed by atoms with Crippen LogP contribution in [0.5, 0.6) is 0 Å². The van der Waals surface area contributed by atoms with Gasteiger partial charge in [-0.25, -0.2) is 9.59 Å². The van der Waals surface area contributed by atoms with Crippen LogP contribution in [0.25, 0.3) is 0 Å². The second kappa shape index (κ2) is 9.57.